The standard InChI is InChI=1S/C47H26N4S2/c1-2-10-29-25-39-36(23-28(29)9-1)35-15-7-11-27-12-8-16-38(44(27)35)51(39)47-49-45(30-20-22-42-37(24-30)33-14-4-6-18-41(33)52-42)48-46(50-47)31-19-21-34-32-13-3-5-17-40(32)53-43(34)26-31/h1-26H. The fourth-order valence-electron chi connectivity index (χ4n) is 8.16. The summed E-state index contributed by atoms with van der Waals surface area (Å²) >= 11 is 3.62. The second-order valence-corrected chi connectivity index (χ2v) is 15.8. The molecule has 0 saturated heterocycles. The van der Waals surface area contributed by atoms with Crippen molar-refractivity contribution in [2.24, 2.45) is 0 Å². The lowest BCUT2D eigenvalue weighted by Crippen LogP contribution is -2.18. The highest BCUT2D eigenvalue weighted by Gasteiger charge is 2.29. The van der Waals surface area contributed by atoms with Crippen molar-refractivity contribution in [2.75, 3.05) is 4.90 Å². The van der Waals surface area contributed by atoms with Crippen molar-refractivity contribution in [3.8, 4) is 33.9 Å². The summed E-state index contributed by atoms with van der Waals surface area (Å²) in [6, 6.07) is 56.7. The Hall–Kier alpha value is -6.47. The number of benzene rings is 8. The van der Waals surface area contributed by atoms with Crippen LogP contribution in [0.4, 0.5) is 17.3 Å². The molecule has 53 heavy (non-hydrogen) atoms. The van der Waals surface area contributed by atoms with E-state index in [9.17, 15) is 0 Å². The molecule has 4 nitrogen and oxygen atoms in total. The average molecular weight is 711 g/mol. The third-order valence-corrected chi connectivity index (χ3v) is 12.9. The molecular weight excluding hydrogens is 685 g/mol. The molecule has 0 unspecified atom stereocenters. The van der Waals surface area contributed by atoms with Crippen LogP contribution < -0.4 is 4.90 Å². The monoisotopic (exact) mass is 710 g/mol. The number of nitrogens with zero attached hydrogens (tertiary/aromatic N) is 4. The summed E-state index contributed by atoms with van der Waals surface area (Å²) in [5.41, 5.74) is 6.41. The molecule has 0 aliphatic carbocycles. The molecule has 246 valence electrons. The van der Waals surface area contributed by atoms with Gasteiger partial charge in [-0.2, -0.15) is 9.97 Å². The van der Waals surface area contributed by atoms with E-state index in [0.29, 0.717) is 17.6 Å². The van der Waals surface area contributed by atoms with Gasteiger partial charge in [-0.15, -0.1) is 22.7 Å². The maximum Gasteiger partial charge on any atom is 0.238 e. The van der Waals surface area contributed by atoms with Crippen LogP contribution >= 0.6 is 22.7 Å². The molecule has 0 bridgehead atoms. The van der Waals surface area contributed by atoms with Gasteiger partial charge in [0.1, 0.15) is 0 Å². The van der Waals surface area contributed by atoms with Gasteiger partial charge in [0.15, 0.2) is 11.6 Å². The zero-order valence-electron chi connectivity index (χ0n) is 28.1. The van der Waals surface area contributed by atoms with Gasteiger partial charge in [-0.1, -0.05) is 103 Å². The third kappa shape index (κ3) is 4.37. The van der Waals surface area contributed by atoms with Gasteiger partial charge in [-0.25, -0.2) is 4.98 Å². The van der Waals surface area contributed by atoms with Crippen molar-refractivity contribution in [3.05, 3.63) is 158 Å². The first-order valence-corrected chi connectivity index (χ1v) is 19.3. The molecule has 3 aromatic heterocycles. The summed E-state index contributed by atoms with van der Waals surface area (Å²) in [5, 5.41) is 9.73. The number of aromatic nitrogens is 3. The van der Waals surface area contributed by atoms with Crippen molar-refractivity contribution in [2.45, 2.75) is 0 Å². The molecule has 0 fully saturated rings. The molecular formula is C47H26N4S2. The molecule has 0 spiro atoms. The molecule has 12 rings (SSSR count). The quantitative estimate of drug-likeness (QED) is 0.183. The van der Waals surface area contributed by atoms with Crippen LogP contribution in [0.3, 0.4) is 0 Å². The highest BCUT2D eigenvalue weighted by atomic mass is 32.1. The molecule has 4 heterocycles. The first-order valence-electron chi connectivity index (χ1n) is 17.7. The number of thiophene rings is 2. The van der Waals surface area contributed by atoms with E-state index in [2.05, 4.69) is 163 Å². The van der Waals surface area contributed by atoms with Crippen LogP contribution in [-0.4, -0.2) is 15.0 Å². The number of anilines is 3. The predicted molar refractivity (Wildman–Crippen MR) is 225 cm³/mol. The van der Waals surface area contributed by atoms with Crippen molar-refractivity contribution >= 4 is 102 Å². The fourth-order valence-corrected chi connectivity index (χ4v) is 10.4. The lowest BCUT2D eigenvalue weighted by Gasteiger charge is -2.32. The van der Waals surface area contributed by atoms with Gasteiger partial charge < -0.3 is 0 Å². The summed E-state index contributed by atoms with van der Waals surface area (Å²) < 4.78 is 5.01. The minimum absolute atomic E-state index is 0.593. The van der Waals surface area contributed by atoms with E-state index in [1.807, 2.05) is 11.3 Å². The number of rotatable bonds is 3. The Labute approximate surface area is 311 Å². The normalized spacial score (nSPS) is 12.5. The Bertz CT molecular complexity index is 3320. The van der Waals surface area contributed by atoms with E-state index in [1.165, 1.54) is 67.5 Å². The topological polar surface area (TPSA) is 41.9 Å². The smallest absolute Gasteiger partial charge is 0.238 e. The van der Waals surface area contributed by atoms with E-state index in [1.54, 1.807) is 11.3 Å². The van der Waals surface area contributed by atoms with E-state index < -0.39 is 0 Å². The molecule has 0 atom stereocenters. The van der Waals surface area contributed by atoms with Gasteiger partial charge in [-0.05, 0) is 76.3 Å². The predicted octanol–water partition coefficient (Wildman–Crippen LogP) is 13.7. The minimum Gasteiger partial charge on any atom is -0.278 e. The first-order chi connectivity index (χ1) is 26.2. The zero-order chi connectivity index (χ0) is 34.6. The Morgan fingerprint density at radius 3 is 1.79 bits per heavy atom. The van der Waals surface area contributed by atoms with E-state index >= 15 is 0 Å². The Balaban J connectivity index is 1.15. The van der Waals surface area contributed by atoms with E-state index in [-0.39, 0.29) is 0 Å². The van der Waals surface area contributed by atoms with Gasteiger partial charge in [0.05, 0.1) is 11.4 Å². The molecule has 0 saturated carbocycles. The molecule has 0 amide bonds. The summed E-state index contributed by atoms with van der Waals surface area (Å²) in [6.45, 7) is 0. The summed E-state index contributed by atoms with van der Waals surface area (Å²) in [7, 11) is 0. The summed E-state index contributed by atoms with van der Waals surface area (Å²) in [5.74, 6) is 1.88. The van der Waals surface area contributed by atoms with Crippen molar-refractivity contribution < 1.29 is 0 Å². The highest BCUT2D eigenvalue weighted by molar-refractivity contribution is 7.26. The summed E-state index contributed by atoms with van der Waals surface area (Å²) in [4.78, 5) is 18.2. The van der Waals surface area contributed by atoms with Gasteiger partial charge in [0.25, 0.3) is 0 Å². The molecule has 11 aromatic rings. The van der Waals surface area contributed by atoms with Gasteiger partial charge in [0.2, 0.25) is 5.95 Å². The Kier molecular flexibility index (Phi) is 6.06. The lowest BCUT2D eigenvalue weighted by atomic mass is 9.90. The molecule has 6 heteroatoms. The minimum atomic E-state index is 0.593. The lowest BCUT2D eigenvalue weighted by molar-refractivity contribution is 1.02. The molecule has 0 N–H and O–H groups in total. The second kappa shape index (κ2) is 11.0. The van der Waals surface area contributed by atoms with Crippen LogP contribution in [0.25, 0.3) is 95.8 Å². The SMILES string of the molecule is c1ccc2cc3c(cc2c1)-c1cccc2cccc(c12)N3c1nc(-c2ccc3c(c2)sc2ccccc23)nc(-c2ccc3sc4ccccc4c3c2)n1. The Morgan fingerprint density at radius 1 is 0.377 bits per heavy atom. The highest BCUT2D eigenvalue weighted by Crippen LogP contribution is 2.51. The molecule has 1 aliphatic rings. The number of fused-ring (bicyclic) bond motifs is 9. The van der Waals surface area contributed by atoms with E-state index in [0.717, 1.165) is 28.1 Å². The van der Waals surface area contributed by atoms with Gasteiger partial charge >= 0.3 is 0 Å². The van der Waals surface area contributed by atoms with E-state index in [4.69, 9.17) is 15.0 Å². The molecule has 1 aliphatic heterocycles. The first kappa shape index (κ1) is 29.1. The number of hydrogen-bond acceptors (Lipinski definition) is 6. The van der Waals surface area contributed by atoms with Crippen molar-refractivity contribution in [1.82, 2.24) is 15.0 Å². The van der Waals surface area contributed by atoms with Gasteiger partial charge in [-0.3, -0.25) is 4.90 Å². The largest absolute Gasteiger partial charge is 0.278 e. The fraction of sp³-hybridized carbons (Fsp3) is 0. The second-order valence-electron chi connectivity index (χ2n) is 13.6. The Morgan fingerprint density at radius 2 is 0.981 bits per heavy atom. The van der Waals surface area contributed by atoms with Crippen LogP contribution in [-0.2, 0) is 0 Å². The average Bonchev–Trinajstić information content (AvgIpc) is 3.78. The van der Waals surface area contributed by atoms with Crippen molar-refractivity contribution in [1.29, 1.82) is 0 Å². The van der Waals surface area contributed by atoms with Crippen LogP contribution in [0.2, 0.25) is 0 Å². The zero-order valence-corrected chi connectivity index (χ0v) is 29.7. The number of hydrogen-bond donors (Lipinski definition) is 0. The molecule has 0 radical (unpaired) electrons. The third-order valence-electron chi connectivity index (χ3n) is 10.6. The van der Waals surface area contributed by atoms with Crippen LogP contribution in [0.5, 0.6) is 0 Å². The van der Waals surface area contributed by atoms with Gasteiger partial charge in [0, 0.05) is 62.4 Å². The molecule has 8 aromatic carbocycles. The maximum atomic E-state index is 5.37. The van der Waals surface area contributed by atoms with Crippen LogP contribution in [0, 0.1) is 0 Å². The van der Waals surface area contributed by atoms with Crippen molar-refractivity contribution in [3.63, 3.8) is 0 Å². The summed E-state index contributed by atoms with van der Waals surface area (Å²) in [6.07, 6.45) is 0. The van der Waals surface area contributed by atoms with Crippen LogP contribution in [0.1, 0.15) is 0 Å². The maximum absolute atomic E-state index is 5.37. The van der Waals surface area contributed by atoms with Crippen LogP contribution in [0.15, 0.2) is 158 Å².